The summed E-state index contributed by atoms with van der Waals surface area (Å²) in [4.78, 5) is 28.1. The van der Waals surface area contributed by atoms with Crippen molar-refractivity contribution in [3.63, 3.8) is 0 Å². The molecule has 5 rings (SSSR count). The molecule has 2 amide bonds. The molecule has 3 heterocycles. The molecule has 0 spiro atoms. The molecule has 4 aromatic rings. The third-order valence-corrected chi connectivity index (χ3v) is 7.64. The van der Waals surface area contributed by atoms with Gasteiger partial charge in [-0.15, -0.1) is 11.8 Å². The van der Waals surface area contributed by atoms with E-state index in [-0.39, 0.29) is 24.7 Å². The third-order valence-electron chi connectivity index (χ3n) is 6.40. The number of carbonyl (C=O) groups is 2. The van der Waals surface area contributed by atoms with Crippen molar-refractivity contribution >= 4 is 29.4 Å². The Labute approximate surface area is 229 Å². The molecule has 0 unspecified atom stereocenters. The number of aromatic nitrogens is 2. The lowest BCUT2D eigenvalue weighted by Gasteiger charge is -2.24. The van der Waals surface area contributed by atoms with E-state index < -0.39 is 28.2 Å². The lowest BCUT2D eigenvalue weighted by atomic mass is 9.87. The van der Waals surface area contributed by atoms with Crippen molar-refractivity contribution in [3.05, 3.63) is 101 Å². The minimum absolute atomic E-state index is 0.0200. The van der Waals surface area contributed by atoms with Crippen LogP contribution >= 0.6 is 11.8 Å². The Kier molecular flexibility index (Phi) is 7.31. The molecule has 0 radical (unpaired) electrons. The second-order valence-corrected chi connectivity index (χ2v) is 11.4. The van der Waals surface area contributed by atoms with E-state index >= 15 is 4.39 Å². The smallest absolute Gasteiger partial charge is 0.240 e. The van der Waals surface area contributed by atoms with Crippen molar-refractivity contribution in [2.45, 2.75) is 38.0 Å². The summed E-state index contributed by atoms with van der Waals surface area (Å²) in [6.07, 6.45) is 1.52. The molecule has 2 aromatic carbocycles. The van der Waals surface area contributed by atoms with Gasteiger partial charge in [-0.05, 0) is 42.5 Å². The molecular formula is C29H28F2N4O3S. The molecule has 0 saturated heterocycles. The molecule has 1 N–H and O–H groups in total. The van der Waals surface area contributed by atoms with Gasteiger partial charge >= 0.3 is 0 Å². The summed E-state index contributed by atoms with van der Waals surface area (Å²) in [6.45, 7) is 5.84. The van der Waals surface area contributed by atoms with Crippen molar-refractivity contribution < 1.29 is 22.8 Å². The van der Waals surface area contributed by atoms with Gasteiger partial charge in [0.1, 0.15) is 29.8 Å². The van der Waals surface area contributed by atoms with Gasteiger partial charge in [-0.3, -0.25) is 14.5 Å². The van der Waals surface area contributed by atoms with Crippen LogP contribution in [0.2, 0.25) is 0 Å². The van der Waals surface area contributed by atoms with E-state index in [2.05, 4.69) is 5.32 Å². The number of fused-ring (bicyclic) bond motifs is 1. The van der Waals surface area contributed by atoms with Crippen molar-refractivity contribution in [1.82, 2.24) is 15.1 Å². The summed E-state index contributed by atoms with van der Waals surface area (Å²) in [5.41, 5.74) is 1.73. The fraction of sp³-hybridized carbons (Fsp3) is 0.276. The average molecular weight is 551 g/mol. The van der Waals surface area contributed by atoms with Gasteiger partial charge in [-0.25, -0.2) is 13.5 Å². The highest BCUT2D eigenvalue weighted by Gasteiger charge is 2.40. The fourth-order valence-corrected chi connectivity index (χ4v) is 5.79. The highest BCUT2D eigenvalue weighted by atomic mass is 32.2. The van der Waals surface area contributed by atoms with Gasteiger partial charge < -0.3 is 9.73 Å². The van der Waals surface area contributed by atoms with E-state index in [9.17, 15) is 14.0 Å². The van der Waals surface area contributed by atoms with Crippen LogP contribution in [0.25, 0.3) is 5.69 Å². The molecule has 0 aliphatic carbocycles. The monoisotopic (exact) mass is 550 g/mol. The molecule has 39 heavy (non-hydrogen) atoms. The minimum Gasteiger partial charge on any atom is -0.467 e. The third kappa shape index (κ3) is 5.47. The quantitative estimate of drug-likeness (QED) is 0.342. The first kappa shape index (κ1) is 26.7. The first-order valence-electron chi connectivity index (χ1n) is 12.5. The maximum atomic E-state index is 15.2. The molecule has 0 fully saturated rings. The molecule has 1 atom stereocenters. The SMILES string of the molecule is CC(C)(C)c1nn(-c2ccc(F)cc2)c2c1[C@@H](c1ccccc1F)SCC(=O)N2CC(=O)NCc1ccco1. The molecule has 202 valence electrons. The van der Waals surface area contributed by atoms with Crippen molar-refractivity contribution in [1.29, 1.82) is 0 Å². The predicted octanol–water partition coefficient (Wildman–Crippen LogP) is 5.53. The second kappa shape index (κ2) is 10.7. The molecule has 0 bridgehead atoms. The first-order chi connectivity index (χ1) is 18.6. The Hall–Kier alpha value is -3.92. The number of nitrogens with zero attached hydrogens (tertiary/aromatic N) is 3. The molecule has 2 aromatic heterocycles. The van der Waals surface area contributed by atoms with E-state index in [1.807, 2.05) is 20.8 Å². The minimum atomic E-state index is -0.565. The van der Waals surface area contributed by atoms with Crippen LogP contribution in [-0.2, 0) is 21.5 Å². The van der Waals surface area contributed by atoms with E-state index in [1.54, 1.807) is 47.1 Å². The van der Waals surface area contributed by atoms with Gasteiger partial charge in [0, 0.05) is 16.5 Å². The van der Waals surface area contributed by atoms with Gasteiger partial charge in [0.2, 0.25) is 11.8 Å². The summed E-state index contributed by atoms with van der Waals surface area (Å²) in [5.74, 6) is -0.575. The van der Waals surface area contributed by atoms with Crippen molar-refractivity contribution in [2.75, 3.05) is 17.2 Å². The Bertz CT molecular complexity index is 1490. The highest BCUT2D eigenvalue weighted by Crippen LogP contribution is 2.48. The Morgan fingerprint density at radius 3 is 2.51 bits per heavy atom. The summed E-state index contributed by atoms with van der Waals surface area (Å²) < 4.78 is 35.9. The zero-order valence-corrected chi connectivity index (χ0v) is 22.6. The highest BCUT2D eigenvalue weighted by molar-refractivity contribution is 8.00. The number of hydrogen-bond acceptors (Lipinski definition) is 5. The Balaban J connectivity index is 1.68. The Morgan fingerprint density at radius 2 is 1.85 bits per heavy atom. The van der Waals surface area contributed by atoms with Crippen LogP contribution in [0.3, 0.4) is 0 Å². The number of halogens is 2. The summed E-state index contributed by atoms with van der Waals surface area (Å²) in [6, 6.07) is 15.7. The number of furan rings is 1. The van der Waals surface area contributed by atoms with Crippen LogP contribution in [0.15, 0.2) is 71.3 Å². The van der Waals surface area contributed by atoms with Gasteiger partial charge in [0.25, 0.3) is 0 Å². The average Bonchev–Trinajstić information content (AvgIpc) is 3.53. The number of thioether (sulfide) groups is 1. The topological polar surface area (TPSA) is 80.4 Å². The maximum absolute atomic E-state index is 15.2. The summed E-state index contributed by atoms with van der Waals surface area (Å²) in [5, 5.41) is 7.13. The number of benzene rings is 2. The van der Waals surface area contributed by atoms with Crippen LogP contribution in [-0.4, -0.2) is 33.9 Å². The van der Waals surface area contributed by atoms with Crippen LogP contribution in [0.5, 0.6) is 0 Å². The number of anilines is 1. The van der Waals surface area contributed by atoms with Crippen LogP contribution in [0.1, 0.15) is 48.6 Å². The van der Waals surface area contributed by atoms with Gasteiger partial charge in [0.15, 0.2) is 0 Å². The molecule has 1 aliphatic heterocycles. The van der Waals surface area contributed by atoms with Crippen LogP contribution in [0, 0.1) is 11.6 Å². The van der Waals surface area contributed by atoms with Crippen molar-refractivity contribution in [2.24, 2.45) is 0 Å². The summed E-state index contributed by atoms with van der Waals surface area (Å²) in [7, 11) is 0. The zero-order chi connectivity index (χ0) is 27.7. The van der Waals surface area contributed by atoms with E-state index in [4.69, 9.17) is 9.52 Å². The number of carbonyl (C=O) groups excluding carboxylic acids is 2. The maximum Gasteiger partial charge on any atom is 0.240 e. The number of hydrogen-bond donors (Lipinski definition) is 1. The number of rotatable bonds is 6. The van der Waals surface area contributed by atoms with Gasteiger partial charge in [-0.2, -0.15) is 5.10 Å². The number of amides is 2. The Morgan fingerprint density at radius 1 is 1.10 bits per heavy atom. The molecule has 7 nitrogen and oxygen atoms in total. The predicted molar refractivity (Wildman–Crippen MR) is 146 cm³/mol. The van der Waals surface area contributed by atoms with Crippen molar-refractivity contribution in [3.8, 4) is 5.69 Å². The normalized spacial score (nSPS) is 15.7. The largest absolute Gasteiger partial charge is 0.467 e. The molecule has 0 saturated carbocycles. The van der Waals surface area contributed by atoms with E-state index in [0.29, 0.717) is 34.1 Å². The molecule has 1 aliphatic rings. The van der Waals surface area contributed by atoms with Gasteiger partial charge in [-0.1, -0.05) is 39.0 Å². The number of nitrogens with one attached hydrogen (secondary N) is 1. The lowest BCUT2D eigenvalue weighted by Crippen LogP contribution is -2.42. The lowest BCUT2D eigenvalue weighted by molar-refractivity contribution is -0.123. The van der Waals surface area contributed by atoms with E-state index in [0.717, 1.165) is 0 Å². The summed E-state index contributed by atoms with van der Waals surface area (Å²) >= 11 is 1.29. The second-order valence-electron chi connectivity index (χ2n) is 10.3. The van der Waals surface area contributed by atoms with Crippen LogP contribution in [0.4, 0.5) is 14.6 Å². The first-order valence-corrected chi connectivity index (χ1v) is 13.5. The zero-order valence-electron chi connectivity index (χ0n) is 21.8. The molecular weight excluding hydrogens is 522 g/mol. The standard InChI is InChI=1S/C29H28F2N4O3S/c1-29(2,3)27-25-26(21-8-4-5-9-22(21)31)39-17-24(37)34(16-23(36)32-15-20-7-6-14-38-20)28(25)35(33-27)19-12-10-18(30)11-13-19/h4-14,26H,15-17H2,1-3H3,(H,32,36)/t26-/m1/s1. The van der Waals surface area contributed by atoms with Crippen LogP contribution < -0.4 is 10.2 Å². The fourth-order valence-electron chi connectivity index (χ4n) is 4.57. The molecule has 10 heteroatoms. The van der Waals surface area contributed by atoms with E-state index in [1.165, 1.54) is 41.1 Å². The van der Waals surface area contributed by atoms with Gasteiger partial charge in [0.05, 0.1) is 35.2 Å².